The Morgan fingerprint density at radius 1 is 1.56 bits per heavy atom. The number of nitriles is 1. The lowest BCUT2D eigenvalue weighted by molar-refractivity contribution is -0.112. The van der Waals surface area contributed by atoms with E-state index in [1.807, 2.05) is 13.0 Å². The summed E-state index contributed by atoms with van der Waals surface area (Å²) in [5, 5.41) is 23.0. The zero-order chi connectivity index (χ0) is 19.8. The van der Waals surface area contributed by atoms with Gasteiger partial charge in [-0.1, -0.05) is 24.8 Å². The number of methoxy groups -OCH3 is 1. The lowest BCUT2D eigenvalue weighted by Gasteiger charge is -2.09. The summed E-state index contributed by atoms with van der Waals surface area (Å²) in [5.74, 6) is 0.499. The smallest absolute Gasteiger partial charge is 0.268 e. The molecular formula is C18H18N4O3S2. The molecule has 1 heterocycles. The molecule has 7 nitrogen and oxygen atoms in total. The van der Waals surface area contributed by atoms with Crippen LogP contribution in [0.4, 0.5) is 5.13 Å². The highest BCUT2D eigenvalue weighted by Gasteiger charge is 2.15. The van der Waals surface area contributed by atoms with E-state index in [0.717, 1.165) is 17.3 Å². The first kappa shape index (κ1) is 20.5. The Kier molecular flexibility index (Phi) is 7.40. The monoisotopic (exact) mass is 402 g/mol. The number of aromatic hydroxyl groups is 1. The van der Waals surface area contributed by atoms with E-state index in [9.17, 15) is 15.2 Å². The number of benzene rings is 1. The molecule has 0 saturated heterocycles. The number of phenols is 1. The van der Waals surface area contributed by atoms with E-state index in [2.05, 4.69) is 21.3 Å². The molecule has 0 radical (unpaired) electrons. The van der Waals surface area contributed by atoms with Gasteiger partial charge in [0.15, 0.2) is 11.5 Å². The number of hydrogen-bond acceptors (Lipinski definition) is 8. The molecular weight excluding hydrogens is 384 g/mol. The van der Waals surface area contributed by atoms with Crippen LogP contribution in [0.5, 0.6) is 11.5 Å². The van der Waals surface area contributed by atoms with Crippen LogP contribution in [0.3, 0.4) is 0 Å². The van der Waals surface area contributed by atoms with Crippen LogP contribution in [0.2, 0.25) is 0 Å². The van der Waals surface area contributed by atoms with Gasteiger partial charge in [-0.25, -0.2) is 0 Å². The molecule has 0 aliphatic carbocycles. The first-order valence-corrected chi connectivity index (χ1v) is 9.68. The van der Waals surface area contributed by atoms with Gasteiger partial charge in [0, 0.05) is 17.1 Å². The number of thioether (sulfide) groups is 1. The molecule has 0 bridgehead atoms. The number of hydrogen-bond donors (Lipinski definition) is 2. The van der Waals surface area contributed by atoms with E-state index in [4.69, 9.17) is 4.74 Å². The Morgan fingerprint density at radius 2 is 2.33 bits per heavy atom. The minimum Gasteiger partial charge on any atom is -0.504 e. The van der Waals surface area contributed by atoms with Crippen molar-refractivity contribution in [2.45, 2.75) is 18.5 Å². The summed E-state index contributed by atoms with van der Waals surface area (Å²) in [5.41, 5.74) is 1.03. The molecule has 1 amide bonds. The first-order chi connectivity index (χ1) is 13.0. The Labute approximate surface area is 165 Å². The van der Waals surface area contributed by atoms with Crippen LogP contribution in [0, 0.1) is 11.3 Å². The predicted octanol–water partition coefficient (Wildman–Crippen LogP) is 3.64. The molecule has 1 aromatic heterocycles. The number of carbonyl (C=O) groups excluding carboxylic acids is 1. The molecule has 2 N–H and O–H groups in total. The number of allylic oxidation sites excluding steroid dienone is 1. The highest BCUT2D eigenvalue weighted by Crippen LogP contribution is 2.33. The molecule has 2 aromatic rings. The Balaban J connectivity index is 2.28. The van der Waals surface area contributed by atoms with E-state index in [1.54, 1.807) is 18.2 Å². The topological polar surface area (TPSA) is 108 Å². The van der Waals surface area contributed by atoms with Gasteiger partial charge >= 0.3 is 0 Å². The first-order valence-electron chi connectivity index (χ1n) is 7.92. The third kappa shape index (κ3) is 5.32. The maximum Gasteiger partial charge on any atom is 0.268 e. The maximum atomic E-state index is 12.4. The zero-order valence-corrected chi connectivity index (χ0v) is 16.5. The van der Waals surface area contributed by atoms with Gasteiger partial charge in [0.2, 0.25) is 10.3 Å². The summed E-state index contributed by atoms with van der Waals surface area (Å²) in [4.78, 5) is 16.6. The Hall–Kier alpha value is -2.83. The van der Waals surface area contributed by atoms with Crippen molar-refractivity contribution in [1.82, 2.24) is 9.36 Å². The predicted molar refractivity (Wildman–Crippen MR) is 107 cm³/mol. The molecule has 0 spiro atoms. The Morgan fingerprint density at radius 3 is 2.96 bits per heavy atom. The second-order valence-corrected chi connectivity index (χ2v) is 7.15. The van der Waals surface area contributed by atoms with Gasteiger partial charge in [0.05, 0.1) is 7.11 Å². The summed E-state index contributed by atoms with van der Waals surface area (Å²) >= 11 is 2.52. The summed E-state index contributed by atoms with van der Waals surface area (Å²) in [7, 11) is 1.43. The number of carbonyl (C=O) groups is 1. The highest BCUT2D eigenvalue weighted by molar-refractivity contribution is 7.99. The van der Waals surface area contributed by atoms with Crippen LogP contribution in [-0.4, -0.2) is 33.2 Å². The third-order valence-corrected chi connectivity index (χ3v) is 4.81. The van der Waals surface area contributed by atoms with E-state index in [0.29, 0.717) is 27.8 Å². The van der Waals surface area contributed by atoms with Gasteiger partial charge < -0.3 is 9.84 Å². The average Bonchev–Trinajstić information content (AvgIpc) is 3.09. The van der Waals surface area contributed by atoms with Crippen LogP contribution in [0.25, 0.3) is 6.08 Å². The largest absolute Gasteiger partial charge is 0.504 e. The molecule has 0 saturated carbocycles. The summed E-state index contributed by atoms with van der Waals surface area (Å²) < 4.78 is 9.27. The van der Waals surface area contributed by atoms with Crippen LogP contribution in [0.15, 0.2) is 35.5 Å². The van der Waals surface area contributed by atoms with Crippen molar-refractivity contribution >= 4 is 40.4 Å². The molecule has 0 aliphatic heterocycles. The normalized spacial score (nSPS) is 10.9. The molecule has 140 valence electrons. The Bertz CT molecular complexity index is 916. The minimum atomic E-state index is -0.584. The SMILES string of the molecule is C=CCc1cc(/C=C(/C#N)C(=O)Nc2nc(SCC)ns2)cc(OC)c1O. The van der Waals surface area contributed by atoms with Crippen LogP contribution in [0.1, 0.15) is 18.1 Å². The van der Waals surface area contributed by atoms with Gasteiger partial charge in [-0.05, 0) is 35.9 Å². The summed E-state index contributed by atoms with van der Waals surface area (Å²) in [6, 6.07) is 5.10. The second kappa shape index (κ2) is 9.75. The van der Waals surface area contributed by atoms with Gasteiger partial charge in [-0.3, -0.25) is 10.1 Å². The second-order valence-electron chi connectivity index (χ2n) is 5.16. The average molecular weight is 403 g/mol. The van der Waals surface area contributed by atoms with Crippen molar-refractivity contribution < 1.29 is 14.6 Å². The number of aromatic nitrogens is 2. The van der Waals surface area contributed by atoms with Gasteiger partial charge in [0.25, 0.3) is 5.91 Å². The summed E-state index contributed by atoms with van der Waals surface area (Å²) in [6.07, 6.45) is 3.48. The number of anilines is 1. The fourth-order valence-electron chi connectivity index (χ4n) is 2.17. The van der Waals surface area contributed by atoms with Crippen molar-refractivity contribution in [3.63, 3.8) is 0 Å². The van der Waals surface area contributed by atoms with E-state index in [1.165, 1.54) is 24.9 Å². The number of phenolic OH excluding ortho intramolecular Hbond substituents is 1. The molecule has 2 rings (SSSR count). The molecule has 9 heteroatoms. The van der Waals surface area contributed by atoms with E-state index in [-0.39, 0.29) is 17.1 Å². The van der Waals surface area contributed by atoms with Crippen molar-refractivity contribution in [3.8, 4) is 17.6 Å². The lowest BCUT2D eigenvalue weighted by Crippen LogP contribution is -2.13. The van der Waals surface area contributed by atoms with Crippen molar-refractivity contribution in [2.24, 2.45) is 0 Å². The molecule has 0 unspecified atom stereocenters. The molecule has 0 atom stereocenters. The van der Waals surface area contributed by atoms with Gasteiger partial charge in [-0.15, -0.1) is 6.58 Å². The third-order valence-electron chi connectivity index (χ3n) is 3.34. The number of amides is 1. The standard InChI is InChI=1S/C18H18N4O3S2/c1-4-6-12-7-11(9-14(25-3)15(12)23)8-13(10-19)16(24)20-17-21-18(22-27-17)26-5-2/h4,7-9,23H,1,5-6H2,2-3H3,(H,20,21,22,24)/b13-8-. The maximum absolute atomic E-state index is 12.4. The van der Waals surface area contributed by atoms with Gasteiger partial charge in [0.1, 0.15) is 11.6 Å². The fourth-order valence-corrected chi connectivity index (χ4v) is 3.43. The molecule has 1 aromatic carbocycles. The van der Waals surface area contributed by atoms with Crippen LogP contribution in [-0.2, 0) is 11.2 Å². The van der Waals surface area contributed by atoms with Crippen LogP contribution >= 0.6 is 23.3 Å². The highest BCUT2D eigenvalue weighted by atomic mass is 32.2. The molecule has 0 aliphatic rings. The minimum absolute atomic E-state index is 0.00678. The number of nitrogens with one attached hydrogen (secondary N) is 1. The number of nitrogens with zero attached hydrogens (tertiary/aromatic N) is 3. The van der Waals surface area contributed by atoms with Crippen LogP contribution < -0.4 is 10.1 Å². The quantitative estimate of drug-likeness (QED) is 0.300. The molecule has 0 fully saturated rings. The number of rotatable bonds is 8. The zero-order valence-electron chi connectivity index (χ0n) is 14.9. The van der Waals surface area contributed by atoms with Crippen molar-refractivity contribution in [2.75, 3.05) is 18.2 Å². The van der Waals surface area contributed by atoms with E-state index < -0.39 is 5.91 Å². The van der Waals surface area contributed by atoms with Crippen molar-refractivity contribution in [3.05, 3.63) is 41.5 Å². The van der Waals surface area contributed by atoms with Gasteiger partial charge in [-0.2, -0.15) is 14.6 Å². The molecule has 27 heavy (non-hydrogen) atoms. The fraction of sp³-hybridized carbons (Fsp3) is 0.222. The lowest BCUT2D eigenvalue weighted by atomic mass is 10.0. The number of ether oxygens (including phenoxy) is 1. The summed E-state index contributed by atoms with van der Waals surface area (Å²) in [6.45, 7) is 5.63. The van der Waals surface area contributed by atoms with Crippen molar-refractivity contribution in [1.29, 1.82) is 5.26 Å². The van der Waals surface area contributed by atoms with E-state index >= 15 is 0 Å².